The molecule has 132 heavy (non-hydrogen) atoms. The largest absolute Gasteiger partial charge is 0.309 e. The Labute approximate surface area is 769 Å². The van der Waals surface area contributed by atoms with Crippen molar-refractivity contribution in [3.63, 3.8) is 0 Å². The first kappa shape index (κ1) is 82.2. The van der Waals surface area contributed by atoms with Crippen LogP contribution in [0.15, 0.2) is 485 Å². The number of aromatic nitrogens is 6. The summed E-state index contributed by atoms with van der Waals surface area (Å²) >= 11 is 0. The van der Waals surface area contributed by atoms with Crippen molar-refractivity contribution in [2.75, 3.05) is 0 Å². The highest BCUT2D eigenvalue weighted by Gasteiger charge is 2.20. The number of rotatable bonds is 8. The number of fused-ring (bicyclic) bond motifs is 18. The second kappa shape index (κ2) is 36.1. The Morgan fingerprint density at radius 3 is 0.826 bits per heavy atom. The molecule has 0 fully saturated rings. The van der Waals surface area contributed by atoms with Crippen LogP contribution in [-0.2, 0) is 0 Å². The van der Waals surface area contributed by atoms with Gasteiger partial charge in [0.15, 0.2) is 0 Å². The van der Waals surface area contributed by atoms with Gasteiger partial charge >= 0.3 is 0 Å². The van der Waals surface area contributed by atoms with E-state index in [0.717, 1.165) is 0 Å². The molecule has 26 rings (SSSR count). The first-order valence-corrected chi connectivity index (χ1v) is 45.5. The van der Waals surface area contributed by atoms with Crippen molar-refractivity contribution in [3.8, 4) is 56.4 Å². The summed E-state index contributed by atoms with van der Waals surface area (Å²) in [6.45, 7) is 12.9. The van der Waals surface area contributed by atoms with Gasteiger partial charge in [-0.25, -0.2) is 0 Å². The number of benzene rings is 20. The van der Waals surface area contributed by atoms with Gasteiger partial charge in [-0.05, 0) is 232 Å². The molecule has 632 valence electrons. The Bertz CT molecular complexity index is 8580. The maximum atomic E-state index is 2.36. The quantitative estimate of drug-likeness (QED) is 0.145. The fourth-order valence-electron chi connectivity index (χ4n) is 19.5. The summed E-state index contributed by atoms with van der Waals surface area (Å²) in [7, 11) is 0. The molecule has 6 aromatic heterocycles. The third kappa shape index (κ3) is 15.7. The van der Waals surface area contributed by atoms with E-state index in [4.69, 9.17) is 0 Å². The molecular weight excluding hydrogens is 1600 g/mol. The molecule has 0 atom stereocenters. The van der Waals surface area contributed by atoms with E-state index in [1.807, 2.05) is 0 Å². The van der Waals surface area contributed by atoms with Gasteiger partial charge in [0.25, 0.3) is 0 Å². The smallest absolute Gasteiger partial charge is 0.0570 e. The van der Waals surface area contributed by atoms with E-state index in [-0.39, 0.29) is 0 Å². The summed E-state index contributed by atoms with van der Waals surface area (Å²) in [5.74, 6) is 0. The van der Waals surface area contributed by atoms with Crippen LogP contribution in [0.5, 0.6) is 0 Å². The van der Waals surface area contributed by atoms with E-state index in [2.05, 4.69) is 554 Å². The second-order valence-electron chi connectivity index (χ2n) is 34.3. The summed E-state index contributed by atoms with van der Waals surface area (Å²) in [5.41, 5.74) is 35.2. The average Bonchev–Trinajstić information content (AvgIpc) is 1.67. The molecule has 0 saturated heterocycles. The molecule has 0 aliphatic rings. The summed E-state index contributed by atoms with van der Waals surface area (Å²) in [5, 5.41) is 15.8. The summed E-state index contributed by atoms with van der Waals surface area (Å²) < 4.78 is 14.1. The van der Waals surface area contributed by atoms with Gasteiger partial charge in [0.2, 0.25) is 0 Å². The van der Waals surface area contributed by atoms with Crippen LogP contribution in [0.2, 0.25) is 0 Å². The monoisotopic (exact) mass is 1690 g/mol. The number of hydrogen-bond donors (Lipinski definition) is 0. The van der Waals surface area contributed by atoms with E-state index >= 15 is 0 Å². The predicted molar refractivity (Wildman–Crippen MR) is 564 cm³/mol. The van der Waals surface area contributed by atoms with Crippen molar-refractivity contribution in [1.29, 1.82) is 0 Å². The van der Waals surface area contributed by atoms with Crippen molar-refractivity contribution in [3.05, 3.63) is 519 Å². The van der Waals surface area contributed by atoms with E-state index < -0.39 is 0 Å². The van der Waals surface area contributed by atoms with Crippen LogP contribution in [0.1, 0.15) is 33.4 Å². The van der Waals surface area contributed by atoms with E-state index in [1.165, 1.54) is 221 Å². The van der Waals surface area contributed by atoms with Crippen molar-refractivity contribution in [2.45, 2.75) is 41.5 Å². The van der Waals surface area contributed by atoms with E-state index in [9.17, 15) is 0 Å². The second-order valence-corrected chi connectivity index (χ2v) is 34.3. The van der Waals surface area contributed by atoms with Crippen molar-refractivity contribution < 1.29 is 0 Å². The Morgan fingerprint density at radius 2 is 0.379 bits per heavy atom. The van der Waals surface area contributed by atoms with Crippen molar-refractivity contribution in [1.82, 2.24) is 27.4 Å². The third-order valence-corrected chi connectivity index (χ3v) is 25.7. The summed E-state index contributed by atoms with van der Waals surface area (Å²) in [6.07, 6.45) is 0. The van der Waals surface area contributed by atoms with E-state index in [0.29, 0.717) is 0 Å². The summed E-state index contributed by atoms with van der Waals surface area (Å²) in [4.78, 5) is 0. The number of nitrogens with zero attached hydrogens (tertiary/aromatic N) is 6. The molecule has 20 aromatic carbocycles. The zero-order valence-electron chi connectivity index (χ0n) is 74.9. The predicted octanol–water partition coefficient (Wildman–Crippen LogP) is 33.9. The Kier molecular flexibility index (Phi) is 22.5. The van der Waals surface area contributed by atoms with Gasteiger partial charge in [-0.2, -0.15) is 0 Å². The molecular formula is C126H98N6. The lowest BCUT2D eigenvalue weighted by atomic mass is 10.0. The third-order valence-electron chi connectivity index (χ3n) is 25.7. The molecule has 26 aromatic rings. The molecule has 0 saturated carbocycles. The molecule has 6 heteroatoms. The normalized spacial score (nSPS) is 11.3. The van der Waals surface area contributed by atoms with Crippen LogP contribution in [0.4, 0.5) is 0 Å². The Hall–Kier alpha value is -16.8. The number of hydrogen-bond acceptors (Lipinski definition) is 0. The first-order chi connectivity index (χ1) is 65.0. The molecule has 0 amide bonds. The minimum atomic E-state index is 1.19. The van der Waals surface area contributed by atoms with Crippen LogP contribution >= 0.6 is 0 Å². The SMILES string of the molecule is Cc1ccc(-c2ccc3c(c2)c2ccccc2n3-c2ccccc2)cc1.Cc1ccc(-c2ccc3c4ccccc4n(-c4ccccc4)c3c2)cc1.Cc1ccc2c(c1)c1ccccc1n2-c1ccccc1.Cc1ccc2c3ccccc3n(-c3ccccc3)c2c1.Cc1cccc2c1c1ccccc1n2-c1ccccc1.Cc1cccc2c3ccccc3n(-c3ccccc3)c12. The van der Waals surface area contributed by atoms with Gasteiger partial charge in [-0.3, -0.25) is 0 Å². The molecule has 0 unspecified atom stereocenters. The lowest BCUT2D eigenvalue weighted by Crippen LogP contribution is -1.94. The zero-order chi connectivity index (χ0) is 89.1. The lowest BCUT2D eigenvalue weighted by molar-refractivity contribution is 1.17. The van der Waals surface area contributed by atoms with Gasteiger partial charge in [0.05, 0.1) is 66.2 Å². The zero-order valence-corrected chi connectivity index (χ0v) is 74.9. The standard InChI is InChI=1S/2C25H19N.4C19H15N/c1-18-11-13-19(14-12-18)20-15-16-25-23(17-20)22-9-5-6-10-24(22)26(25)21-7-3-2-4-8-21;1-18-11-13-19(14-12-18)20-15-16-23-22-9-5-6-10-24(22)26(25(23)17-20)21-7-3-2-4-8-21;1-14-8-7-12-17-16-11-5-6-13-18(16)20(19(14)17)15-9-3-2-4-10-15;1-14-8-7-13-18-19(14)16-11-5-6-12-17(16)20(18)15-9-3-2-4-10-15;1-14-11-12-19-17(13-14)16-9-5-6-10-18(16)20(19)15-7-3-2-4-8-15;1-14-11-12-17-16-9-5-6-10-18(16)20(19(17)13-14)15-7-3-2-4-8-15/h2*2-17H,1H3;4*2-13H,1H3. The molecule has 0 aliphatic carbocycles. The highest BCUT2D eigenvalue weighted by atomic mass is 15.0. The van der Waals surface area contributed by atoms with Crippen molar-refractivity contribution >= 4 is 131 Å². The van der Waals surface area contributed by atoms with Gasteiger partial charge in [0, 0.05) is 98.8 Å². The number of aryl methyl sites for hydroxylation is 6. The molecule has 6 heterocycles. The molecule has 0 aliphatic heterocycles. The molecule has 0 radical (unpaired) electrons. The van der Waals surface area contributed by atoms with Gasteiger partial charge in [0.1, 0.15) is 0 Å². The molecule has 0 bridgehead atoms. The first-order valence-electron chi connectivity index (χ1n) is 45.5. The fourth-order valence-corrected chi connectivity index (χ4v) is 19.5. The van der Waals surface area contributed by atoms with Crippen molar-refractivity contribution in [2.24, 2.45) is 0 Å². The minimum Gasteiger partial charge on any atom is -0.309 e. The Morgan fingerprint density at radius 1 is 0.129 bits per heavy atom. The van der Waals surface area contributed by atoms with Crippen LogP contribution in [0, 0.1) is 41.5 Å². The average molecular weight is 1700 g/mol. The molecule has 0 N–H and O–H groups in total. The number of para-hydroxylation sites is 13. The van der Waals surface area contributed by atoms with Gasteiger partial charge in [-0.15, -0.1) is 0 Å². The highest BCUT2D eigenvalue weighted by Crippen LogP contribution is 2.42. The maximum Gasteiger partial charge on any atom is 0.0570 e. The fraction of sp³-hybridized carbons (Fsp3) is 0.0476. The topological polar surface area (TPSA) is 29.6 Å². The van der Waals surface area contributed by atoms with Crippen LogP contribution in [0.25, 0.3) is 187 Å². The van der Waals surface area contributed by atoms with Crippen LogP contribution in [-0.4, -0.2) is 27.4 Å². The van der Waals surface area contributed by atoms with Gasteiger partial charge in [-0.1, -0.05) is 350 Å². The summed E-state index contributed by atoms with van der Waals surface area (Å²) in [6, 6.07) is 173. The minimum absolute atomic E-state index is 1.19. The Balaban J connectivity index is 0.0000000959. The molecule has 0 spiro atoms. The van der Waals surface area contributed by atoms with Gasteiger partial charge < -0.3 is 27.4 Å². The maximum absolute atomic E-state index is 2.36. The van der Waals surface area contributed by atoms with Crippen LogP contribution < -0.4 is 0 Å². The van der Waals surface area contributed by atoms with E-state index in [1.54, 1.807) is 0 Å². The highest BCUT2D eigenvalue weighted by molar-refractivity contribution is 6.15. The van der Waals surface area contributed by atoms with Crippen LogP contribution in [0.3, 0.4) is 0 Å². The lowest BCUT2D eigenvalue weighted by Gasteiger charge is -2.09. The molecule has 6 nitrogen and oxygen atoms in total.